The van der Waals surface area contributed by atoms with Crippen LogP contribution in [-0.4, -0.2) is 121 Å². The number of aliphatic imine (C=N–C) groups is 1. The Bertz CT molecular complexity index is 2230. The number of aliphatic hydroxyl groups excluding tert-OH is 1. The molecule has 1 unspecified atom stereocenters. The molecule has 0 saturated carbocycles. The highest BCUT2D eigenvalue weighted by Crippen LogP contribution is 2.37. The third-order valence-electron chi connectivity index (χ3n) is 11.9. The number of nitrogens with zero attached hydrogens (tertiary/aromatic N) is 5. The molecule has 4 N–H and O–H groups in total. The molecule has 0 spiro atoms. The number of amides is 2. The van der Waals surface area contributed by atoms with Crippen LogP contribution in [-0.2, 0) is 28.4 Å². The summed E-state index contributed by atoms with van der Waals surface area (Å²) in [6.07, 6.45) is 2.58. The fourth-order valence-corrected chi connectivity index (χ4v) is 9.63. The van der Waals surface area contributed by atoms with Gasteiger partial charge in [0, 0.05) is 82.0 Å². The molecule has 2 aliphatic rings. The van der Waals surface area contributed by atoms with E-state index in [1.54, 1.807) is 41.2 Å². The highest BCUT2D eigenvalue weighted by Gasteiger charge is 2.38. The molecule has 4 aromatic rings. The number of hydrogen-bond donors (Lipinski definition) is 4. The van der Waals surface area contributed by atoms with Crippen molar-refractivity contribution < 1.29 is 24.2 Å². The summed E-state index contributed by atoms with van der Waals surface area (Å²) in [5.41, 5.74) is 10.5. The molecule has 3 heterocycles. The summed E-state index contributed by atoms with van der Waals surface area (Å²) in [5.74, 6) is 2.81. The molecule has 2 amide bonds. The minimum Gasteiger partial charge on any atom is -0.495 e. The van der Waals surface area contributed by atoms with Crippen LogP contribution in [0.25, 0.3) is 10.4 Å². The summed E-state index contributed by atoms with van der Waals surface area (Å²) >= 11 is 3.48. The Morgan fingerprint density at radius 2 is 1.62 bits per heavy atom. The van der Waals surface area contributed by atoms with Gasteiger partial charge >= 0.3 is 0 Å². The number of anilines is 1. The van der Waals surface area contributed by atoms with Crippen LogP contribution in [0.3, 0.4) is 0 Å². The van der Waals surface area contributed by atoms with Gasteiger partial charge in [-0.25, -0.2) is 9.98 Å². The molecule has 0 radical (unpaired) electrons. The Kier molecular flexibility index (Phi) is 21.4. The van der Waals surface area contributed by atoms with Gasteiger partial charge in [0.05, 0.1) is 34.9 Å². The van der Waals surface area contributed by atoms with E-state index in [0.717, 1.165) is 80.9 Å². The average Bonchev–Trinajstić information content (AvgIpc) is 4.00. The van der Waals surface area contributed by atoms with Gasteiger partial charge in [-0.2, -0.15) is 11.8 Å². The molecule has 15 heteroatoms. The molecular weight excluding hydrogens is 869 g/mol. The highest BCUT2D eigenvalue weighted by atomic mass is 32.2. The third kappa shape index (κ3) is 15.0. The van der Waals surface area contributed by atoms with Crippen LogP contribution < -0.4 is 20.7 Å². The van der Waals surface area contributed by atoms with Crippen LogP contribution in [0, 0.1) is 12.8 Å². The fraction of sp³-hybridized carbons (Fsp3) is 0.471. The van der Waals surface area contributed by atoms with Crippen LogP contribution in [0.1, 0.15) is 87.1 Å². The number of aldehydes is 1. The Morgan fingerprint density at radius 3 is 2.20 bits per heavy atom. The summed E-state index contributed by atoms with van der Waals surface area (Å²) in [5, 5.41) is 16.5. The number of rotatable bonds is 16. The van der Waals surface area contributed by atoms with Crippen molar-refractivity contribution in [3.63, 3.8) is 0 Å². The lowest BCUT2D eigenvalue weighted by Crippen LogP contribution is -2.48. The third-order valence-corrected chi connectivity index (χ3v) is 14.5. The number of aryl methyl sites for hydroxylation is 1. The van der Waals surface area contributed by atoms with Crippen molar-refractivity contribution in [3.8, 4) is 16.2 Å². The van der Waals surface area contributed by atoms with Gasteiger partial charge in [-0.15, -0.1) is 11.3 Å². The molecule has 13 nitrogen and oxygen atoms in total. The number of piperazine rings is 1. The van der Waals surface area contributed by atoms with Crippen molar-refractivity contribution in [3.05, 3.63) is 112 Å². The fourth-order valence-electron chi connectivity index (χ4n) is 7.73. The van der Waals surface area contributed by atoms with Crippen molar-refractivity contribution >= 4 is 52.7 Å². The van der Waals surface area contributed by atoms with Gasteiger partial charge in [-0.1, -0.05) is 55.5 Å². The smallest absolute Gasteiger partial charge is 0.254 e. The van der Waals surface area contributed by atoms with Gasteiger partial charge in [0.1, 0.15) is 23.7 Å². The molecule has 2 saturated heterocycles. The number of aliphatic hydroxyl groups is 1. The number of hydrogen-bond acceptors (Lipinski definition) is 12. The number of carbonyl (C=O) groups excluding carboxylic acids is 3. The average molecular weight is 941 g/mol. The molecule has 0 aliphatic carbocycles. The van der Waals surface area contributed by atoms with Gasteiger partial charge < -0.3 is 40.4 Å². The van der Waals surface area contributed by atoms with Gasteiger partial charge in [0.15, 0.2) is 0 Å². The number of ether oxygens (including phenoxy) is 1. The maximum atomic E-state index is 13.4. The lowest BCUT2D eigenvalue weighted by molar-refractivity contribution is -0.138. The van der Waals surface area contributed by atoms with Crippen molar-refractivity contribution in [1.82, 2.24) is 30.3 Å². The van der Waals surface area contributed by atoms with Crippen LogP contribution >= 0.6 is 23.1 Å². The van der Waals surface area contributed by atoms with Crippen molar-refractivity contribution in [1.29, 1.82) is 0 Å². The summed E-state index contributed by atoms with van der Waals surface area (Å²) < 4.78 is 5.36. The van der Waals surface area contributed by atoms with Gasteiger partial charge in [0.2, 0.25) is 5.91 Å². The van der Waals surface area contributed by atoms with Crippen LogP contribution in [0.2, 0.25) is 0 Å². The van der Waals surface area contributed by atoms with Gasteiger partial charge in [-0.05, 0) is 107 Å². The molecule has 358 valence electrons. The van der Waals surface area contributed by atoms with Crippen LogP contribution in [0.4, 0.5) is 5.69 Å². The largest absolute Gasteiger partial charge is 0.495 e. The second-order valence-corrected chi connectivity index (χ2v) is 19.7. The lowest BCUT2D eigenvalue weighted by atomic mass is 9.95. The topological polar surface area (TPSA) is 152 Å². The molecule has 66 heavy (non-hydrogen) atoms. The predicted octanol–water partition coefficient (Wildman–Crippen LogP) is 8.24. The first-order valence-electron chi connectivity index (χ1n) is 22.6. The number of carbonyl (C=O) groups is 3. The monoisotopic (exact) mass is 941 g/mol. The van der Waals surface area contributed by atoms with Crippen LogP contribution in [0.15, 0.2) is 88.6 Å². The van der Waals surface area contributed by atoms with Crippen molar-refractivity contribution in [2.75, 3.05) is 66.4 Å². The minimum absolute atomic E-state index is 0.00156. The molecule has 3 aromatic carbocycles. The Labute approximate surface area is 401 Å². The maximum absolute atomic E-state index is 13.4. The summed E-state index contributed by atoms with van der Waals surface area (Å²) in [4.78, 5) is 54.2. The molecule has 0 bridgehead atoms. The van der Waals surface area contributed by atoms with E-state index in [9.17, 15) is 14.4 Å². The molecule has 2 aliphatic heterocycles. The number of nitrogens with one attached hydrogen (secondary N) is 3. The number of amidine groups is 1. The number of methoxy groups -OCH3 is 1. The summed E-state index contributed by atoms with van der Waals surface area (Å²) in [6.45, 7) is 19.5. The molecular formula is C51H72N8O5S2. The second kappa shape index (κ2) is 26.3. The summed E-state index contributed by atoms with van der Waals surface area (Å²) in [6, 6.07) is 22.6. The standard InChI is InChI=1S/C38H54N6O4S.C12H14N2S.CH4O/c1-26(2)35(39-7)41-28(4)40-33-16-15-31(22-34(33)48-8)37(47)43-20-18-42(19-21-43)23-29-11-13-30(14-12-29)25-49-38(5,6)27(3)36(46)44-17-9-10-32(44)24-45;1-9-12(15-8-14-9)11-5-3-10(4-6-11)7-13-2;1-2/h11-16,22,24,27,32,39H,9-10,17-21,23,25H2,1-8H3,(H,40,41);3-6,8,13H,7H2,1-2H3;2H,1H3/t27?,32-;;/m0../s1. The minimum atomic E-state index is -0.271. The zero-order valence-electron chi connectivity index (χ0n) is 40.9. The first kappa shape index (κ1) is 53.6. The summed E-state index contributed by atoms with van der Waals surface area (Å²) in [7, 11) is 6.41. The van der Waals surface area contributed by atoms with E-state index < -0.39 is 0 Å². The molecule has 6 rings (SSSR count). The number of benzene rings is 3. The zero-order valence-corrected chi connectivity index (χ0v) is 42.5. The Hall–Kier alpha value is -5.06. The predicted molar refractivity (Wildman–Crippen MR) is 273 cm³/mol. The number of likely N-dealkylation sites (tertiary alicyclic amines) is 1. The first-order chi connectivity index (χ1) is 31.7. The van der Waals surface area contributed by atoms with Crippen LogP contribution in [0.5, 0.6) is 5.75 Å². The highest BCUT2D eigenvalue weighted by molar-refractivity contribution is 7.99. The zero-order chi connectivity index (χ0) is 48.4. The van der Waals surface area contributed by atoms with Gasteiger partial charge in [0.25, 0.3) is 5.91 Å². The van der Waals surface area contributed by atoms with E-state index in [1.165, 1.54) is 27.1 Å². The van der Waals surface area contributed by atoms with Crippen molar-refractivity contribution in [2.45, 2.75) is 90.9 Å². The second-order valence-electron chi connectivity index (χ2n) is 17.2. The maximum Gasteiger partial charge on any atom is 0.254 e. The normalized spacial score (nSPS) is 15.7. The van der Waals surface area contributed by atoms with E-state index >= 15 is 0 Å². The van der Waals surface area contributed by atoms with E-state index in [4.69, 9.17) is 9.84 Å². The number of allylic oxidation sites excluding steroid dienone is 1. The van der Waals surface area contributed by atoms with Gasteiger partial charge in [-0.3, -0.25) is 14.5 Å². The molecule has 1 aromatic heterocycles. The molecule has 2 atom stereocenters. The van der Waals surface area contributed by atoms with E-state index in [-0.39, 0.29) is 28.5 Å². The SMILES string of the molecule is CNC(/N=C(\C)Nc1ccc(C(=O)N2CCN(Cc3ccc(CSC(C)(C)C(C)C(=O)N4CCC[C@H]4C=O)cc3)CC2)cc1OC)=C(C)C.CNCc1ccc(-c2scnc2C)cc1.CO. The van der Waals surface area contributed by atoms with Crippen molar-refractivity contribution in [2.24, 2.45) is 10.9 Å². The number of thiazole rings is 1. The Balaban J connectivity index is 0.000000468. The van der Waals surface area contributed by atoms with E-state index in [2.05, 4.69) is 93.2 Å². The first-order valence-corrected chi connectivity index (χ1v) is 24.5. The number of aromatic nitrogens is 1. The lowest BCUT2D eigenvalue weighted by Gasteiger charge is -2.35. The quantitative estimate of drug-likeness (QED) is 0.0489. The van der Waals surface area contributed by atoms with E-state index in [1.807, 2.05) is 71.3 Å². The van der Waals surface area contributed by atoms with E-state index in [0.29, 0.717) is 36.8 Å². The molecule has 2 fully saturated rings. The number of thioether (sulfide) groups is 1. The Morgan fingerprint density at radius 1 is 0.970 bits per heavy atom.